The molecular weight excluding hydrogens is 282 g/mol. The standard InChI is InChI=1S/C12H19N3O4S/c1-8-5-6-9(2)12(11(8)15(16)17)20(18,19)14-7-10(3)13-4/h5-6,10,13-14H,7H2,1-4H3. The van der Waals surface area contributed by atoms with Gasteiger partial charge in [0.15, 0.2) is 4.90 Å². The maximum atomic E-state index is 12.3. The summed E-state index contributed by atoms with van der Waals surface area (Å²) in [5.41, 5.74) is 0.309. The first kappa shape index (κ1) is 16.5. The van der Waals surface area contributed by atoms with Gasteiger partial charge in [0.25, 0.3) is 5.69 Å². The molecule has 0 radical (unpaired) electrons. The van der Waals surface area contributed by atoms with Gasteiger partial charge in [-0.2, -0.15) is 0 Å². The van der Waals surface area contributed by atoms with E-state index in [0.717, 1.165) is 0 Å². The zero-order valence-electron chi connectivity index (χ0n) is 11.9. The van der Waals surface area contributed by atoms with Gasteiger partial charge >= 0.3 is 0 Å². The van der Waals surface area contributed by atoms with Gasteiger partial charge in [-0.05, 0) is 33.4 Å². The zero-order chi connectivity index (χ0) is 15.5. The zero-order valence-corrected chi connectivity index (χ0v) is 12.7. The Morgan fingerprint density at radius 3 is 2.35 bits per heavy atom. The molecule has 0 bridgehead atoms. The van der Waals surface area contributed by atoms with E-state index in [-0.39, 0.29) is 23.2 Å². The summed E-state index contributed by atoms with van der Waals surface area (Å²) in [5.74, 6) is 0. The molecular formula is C12H19N3O4S. The van der Waals surface area contributed by atoms with Crippen molar-refractivity contribution < 1.29 is 13.3 Å². The molecule has 0 aliphatic heterocycles. The van der Waals surface area contributed by atoms with Crippen molar-refractivity contribution in [1.29, 1.82) is 0 Å². The maximum absolute atomic E-state index is 12.3. The Balaban J connectivity index is 3.31. The van der Waals surface area contributed by atoms with Gasteiger partial charge in [0.1, 0.15) is 0 Å². The minimum atomic E-state index is -3.93. The lowest BCUT2D eigenvalue weighted by Gasteiger charge is -2.14. The summed E-state index contributed by atoms with van der Waals surface area (Å²) < 4.78 is 27.0. The fourth-order valence-electron chi connectivity index (χ4n) is 1.75. The van der Waals surface area contributed by atoms with Gasteiger partial charge in [0.2, 0.25) is 10.0 Å². The highest BCUT2D eigenvalue weighted by atomic mass is 32.2. The summed E-state index contributed by atoms with van der Waals surface area (Å²) in [7, 11) is -2.22. The molecule has 8 heteroatoms. The second-order valence-electron chi connectivity index (χ2n) is 4.68. The highest BCUT2D eigenvalue weighted by Gasteiger charge is 2.29. The number of sulfonamides is 1. The first-order chi connectivity index (χ1) is 9.20. The largest absolute Gasteiger partial charge is 0.316 e. The molecule has 0 heterocycles. The minimum Gasteiger partial charge on any atom is -0.316 e. The Kier molecular flexibility index (Phi) is 5.21. The number of hydrogen-bond acceptors (Lipinski definition) is 5. The van der Waals surface area contributed by atoms with Crippen molar-refractivity contribution in [3.63, 3.8) is 0 Å². The van der Waals surface area contributed by atoms with Gasteiger partial charge in [-0.1, -0.05) is 12.1 Å². The summed E-state index contributed by atoms with van der Waals surface area (Å²) in [6.07, 6.45) is 0. The van der Waals surface area contributed by atoms with Gasteiger partial charge in [-0.15, -0.1) is 0 Å². The smallest absolute Gasteiger partial charge is 0.292 e. The average Bonchev–Trinajstić information content (AvgIpc) is 2.37. The highest BCUT2D eigenvalue weighted by molar-refractivity contribution is 7.89. The summed E-state index contributed by atoms with van der Waals surface area (Å²) in [6, 6.07) is 3.04. The molecule has 20 heavy (non-hydrogen) atoms. The van der Waals surface area contributed by atoms with Crippen molar-refractivity contribution >= 4 is 15.7 Å². The Labute approximate surface area is 118 Å². The Morgan fingerprint density at radius 2 is 1.85 bits per heavy atom. The molecule has 112 valence electrons. The van der Waals surface area contributed by atoms with E-state index in [1.54, 1.807) is 33.0 Å². The third-order valence-corrected chi connectivity index (χ3v) is 4.65. The van der Waals surface area contributed by atoms with Crippen LogP contribution in [0.3, 0.4) is 0 Å². The average molecular weight is 301 g/mol. The van der Waals surface area contributed by atoms with Crippen LogP contribution >= 0.6 is 0 Å². The number of benzene rings is 1. The van der Waals surface area contributed by atoms with Gasteiger partial charge in [-0.3, -0.25) is 10.1 Å². The number of hydrogen-bond donors (Lipinski definition) is 2. The van der Waals surface area contributed by atoms with E-state index in [0.29, 0.717) is 11.1 Å². The van der Waals surface area contributed by atoms with Crippen molar-refractivity contribution in [2.45, 2.75) is 31.7 Å². The topological polar surface area (TPSA) is 101 Å². The minimum absolute atomic E-state index is 0.0750. The van der Waals surface area contributed by atoms with Crippen LogP contribution in [-0.2, 0) is 10.0 Å². The third-order valence-electron chi connectivity index (χ3n) is 3.05. The van der Waals surface area contributed by atoms with Crippen LogP contribution in [0, 0.1) is 24.0 Å². The van der Waals surface area contributed by atoms with Crippen molar-refractivity contribution in [3.05, 3.63) is 33.4 Å². The molecule has 0 aromatic heterocycles. The van der Waals surface area contributed by atoms with E-state index in [1.807, 2.05) is 0 Å². The van der Waals surface area contributed by atoms with E-state index in [9.17, 15) is 18.5 Å². The molecule has 1 unspecified atom stereocenters. The first-order valence-corrected chi connectivity index (χ1v) is 7.60. The molecule has 1 rings (SSSR count). The third kappa shape index (κ3) is 3.53. The van der Waals surface area contributed by atoms with E-state index in [4.69, 9.17) is 0 Å². The molecule has 0 spiro atoms. The summed E-state index contributed by atoms with van der Waals surface area (Å²) in [6.45, 7) is 5.03. The summed E-state index contributed by atoms with van der Waals surface area (Å²) >= 11 is 0. The Bertz CT molecular complexity index is 613. The van der Waals surface area contributed by atoms with Crippen LogP contribution in [-0.4, -0.2) is 33.0 Å². The van der Waals surface area contributed by atoms with Crippen molar-refractivity contribution in [2.75, 3.05) is 13.6 Å². The van der Waals surface area contributed by atoms with Crippen molar-refractivity contribution in [1.82, 2.24) is 10.0 Å². The van der Waals surface area contributed by atoms with Crippen molar-refractivity contribution in [2.24, 2.45) is 0 Å². The molecule has 0 fully saturated rings. The SMILES string of the molecule is CNC(C)CNS(=O)(=O)c1c(C)ccc(C)c1[N+](=O)[O-]. The molecule has 0 aliphatic rings. The maximum Gasteiger partial charge on any atom is 0.292 e. The number of likely N-dealkylation sites (N-methyl/N-ethyl adjacent to an activating group) is 1. The predicted molar refractivity (Wildman–Crippen MR) is 76.3 cm³/mol. The second kappa shape index (κ2) is 6.29. The van der Waals surface area contributed by atoms with E-state index in [1.165, 1.54) is 6.92 Å². The van der Waals surface area contributed by atoms with E-state index >= 15 is 0 Å². The Hall–Kier alpha value is -1.51. The Morgan fingerprint density at radius 1 is 1.30 bits per heavy atom. The number of nitro benzene ring substituents is 1. The molecule has 0 saturated heterocycles. The summed E-state index contributed by atoms with van der Waals surface area (Å²) in [4.78, 5) is 10.2. The predicted octanol–water partition coefficient (Wildman–Crippen LogP) is 1.10. The van der Waals surface area contributed by atoms with Crippen LogP contribution in [0.15, 0.2) is 17.0 Å². The molecule has 7 nitrogen and oxygen atoms in total. The molecule has 0 saturated carbocycles. The normalized spacial score (nSPS) is 13.2. The fraction of sp³-hybridized carbons (Fsp3) is 0.500. The van der Waals surface area contributed by atoms with Crippen LogP contribution in [0.5, 0.6) is 0 Å². The number of rotatable bonds is 6. The second-order valence-corrected chi connectivity index (χ2v) is 6.38. The molecule has 0 amide bonds. The molecule has 1 atom stereocenters. The fourth-order valence-corrected chi connectivity index (χ4v) is 3.34. The van der Waals surface area contributed by atoms with Crippen molar-refractivity contribution in [3.8, 4) is 0 Å². The highest BCUT2D eigenvalue weighted by Crippen LogP contribution is 2.30. The first-order valence-electron chi connectivity index (χ1n) is 6.12. The summed E-state index contributed by atoms with van der Waals surface area (Å²) in [5, 5.41) is 14.0. The number of aryl methyl sites for hydroxylation is 2. The van der Waals surface area contributed by atoms with Gasteiger partial charge < -0.3 is 5.32 Å². The number of nitrogens with zero attached hydrogens (tertiary/aromatic N) is 1. The lowest BCUT2D eigenvalue weighted by molar-refractivity contribution is -0.388. The molecule has 1 aromatic rings. The quantitative estimate of drug-likeness (QED) is 0.605. The molecule has 0 aliphatic carbocycles. The molecule has 1 aromatic carbocycles. The van der Waals surface area contributed by atoms with Crippen LogP contribution in [0.1, 0.15) is 18.1 Å². The van der Waals surface area contributed by atoms with E-state index < -0.39 is 14.9 Å². The van der Waals surface area contributed by atoms with Crippen LogP contribution in [0.4, 0.5) is 5.69 Å². The lowest BCUT2D eigenvalue weighted by atomic mass is 10.1. The molecule has 2 N–H and O–H groups in total. The van der Waals surface area contributed by atoms with Gasteiger partial charge in [-0.25, -0.2) is 13.1 Å². The van der Waals surface area contributed by atoms with Crippen LogP contribution in [0.2, 0.25) is 0 Å². The monoisotopic (exact) mass is 301 g/mol. The van der Waals surface area contributed by atoms with Crippen LogP contribution in [0.25, 0.3) is 0 Å². The number of nitro groups is 1. The van der Waals surface area contributed by atoms with Crippen LogP contribution < -0.4 is 10.0 Å². The lowest BCUT2D eigenvalue weighted by Crippen LogP contribution is -2.37. The van der Waals surface area contributed by atoms with Gasteiger partial charge in [0.05, 0.1) is 4.92 Å². The number of nitrogens with one attached hydrogen (secondary N) is 2. The van der Waals surface area contributed by atoms with E-state index in [2.05, 4.69) is 10.0 Å². The van der Waals surface area contributed by atoms with Gasteiger partial charge in [0, 0.05) is 18.2 Å².